The number of nitro groups is 1. The van der Waals surface area contributed by atoms with E-state index >= 15 is 0 Å². The Kier molecular flexibility index (Phi) is 4.82. The molecule has 0 unspecified atom stereocenters. The average molecular weight is 266 g/mol. The van der Waals surface area contributed by atoms with Crippen molar-refractivity contribution in [1.82, 2.24) is 4.90 Å². The van der Waals surface area contributed by atoms with Crippen molar-refractivity contribution >= 4 is 17.3 Å². The summed E-state index contributed by atoms with van der Waals surface area (Å²) in [6.45, 7) is 6.03. The zero-order chi connectivity index (χ0) is 14.6. The van der Waals surface area contributed by atoms with Gasteiger partial charge in [-0.15, -0.1) is 0 Å². The first-order valence-electron chi connectivity index (χ1n) is 5.98. The minimum absolute atomic E-state index is 0.0356. The topological polar surface area (TPSA) is 102 Å². The molecule has 0 heterocycles. The minimum Gasteiger partial charge on any atom is -0.336 e. The van der Waals surface area contributed by atoms with Gasteiger partial charge in [0.2, 0.25) is 0 Å². The van der Waals surface area contributed by atoms with E-state index in [9.17, 15) is 14.9 Å². The zero-order valence-electron chi connectivity index (χ0n) is 11.2. The summed E-state index contributed by atoms with van der Waals surface area (Å²) in [6.07, 6.45) is 0. The molecule has 0 aliphatic carbocycles. The first kappa shape index (κ1) is 14.9. The van der Waals surface area contributed by atoms with Gasteiger partial charge in [-0.25, -0.2) is 0 Å². The zero-order valence-corrected chi connectivity index (χ0v) is 11.2. The number of hydrogen-bond donors (Lipinski definition) is 2. The molecule has 19 heavy (non-hydrogen) atoms. The lowest BCUT2D eigenvalue weighted by molar-refractivity contribution is -0.385. The van der Waals surface area contributed by atoms with Crippen LogP contribution in [0.5, 0.6) is 0 Å². The van der Waals surface area contributed by atoms with Crippen molar-refractivity contribution in [3.8, 4) is 0 Å². The number of nitro benzene ring substituents is 1. The van der Waals surface area contributed by atoms with E-state index in [2.05, 4.69) is 5.43 Å². The number of nitrogens with two attached hydrogens (primary N) is 1. The third-order valence-corrected chi connectivity index (χ3v) is 2.82. The molecular formula is C12H18N4O3. The van der Waals surface area contributed by atoms with Crippen LogP contribution in [0.25, 0.3) is 0 Å². The van der Waals surface area contributed by atoms with E-state index < -0.39 is 4.92 Å². The van der Waals surface area contributed by atoms with Crippen molar-refractivity contribution in [2.45, 2.75) is 26.8 Å². The van der Waals surface area contributed by atoms with Crippen molar-refractivity contribution < 1.29 is 9.72 Å². The number of amides is 1. The summed E-state index contributed by atoms with van der Waals surface area (Å²) in [6, 6.07) is 4.09. The SMILES string of the molecule is CCN(C(=O)c1cc(NN)ccc1[N+](=O)[O-])C(C)C. The summed E-state index contributed by atoms with van der Waals surface area (Å²) in [4.78, 5) is 24.3. The number of hydrogen-bond acceptors (Lipinski definition) is 5. The Morgan fingerprint density at radius 2 is 2.16 bits per heavy atom. The summed E-state index contributed by atoms with van der Waals surface area (Å²) in [5, 5.41) is 11.0. The molecule has 0 fully saturated rings. The van der Waals surface area contributed by atoms with E-state index in [1.165, 1.54) is 18.2 Å². The molecule has 0 saturated carbocycles. The summed E-state index contributed by atoms with van der Waals surface area (Å²) < 4.78 is 0. The number of carbonyl (C=O) groups excluding carboxylic acids is 1. The summed E-state index contributed by atoms with van der Waals surface area (Å²) in [5.74, 6) is 4.89. The molecule has 0 bridgehead atoms. The molecule has 0 saturated heterocycles. The maximum Gasteiger partial charge on any atom is 0.282 e. The molecule has 1 aromatic rings. The van der Waals surface area contributed by atoms with E-state index in [1.54, 1.807) is 4.90 Å². The van der Waals surface area contributed by atoms with Crippen LogP contribution in [0.1, 0.15) is 31.1 Å². The van der Waals surface area contributed by atoms with E-state index in [4.69, 9.17) is 5.84 Å². The van der Waals surface area contributed by atoms with Crippen molar-refractivity contribution in [1.29, 1.82) is 0 Å². The fraction of sp³-hybridized carbons (Fsp3) is 0.417. The molecule has 0 aliphatic rings. The third-order valence-electron chi connectivity index (χ3n) is 2.82. The Morgan fingerprint density at radius 1 is 1.53 bits per heavy atom. The van der Waals surface area contributed by atoms with Crippen LogP contribution in [0.3, 0.4) is 0 Å². The highest BCUT2D eigenvalue weighted by molar-refractivity contribution is 5.99. The van der Waals surface area contributed by atoms with Crippen molar-refractivity contribution in [3.63, 3.8) is 0 Å². The number of hydrazine groups is 1. The second kappa shape index (κ2) is 6.14. The molecule has 0 aromatic heterocycles. The van der Waals surface area contributed by atoms with Gasteiger partial charge in [0.1, 0.15) is 5.56 Å². The molecule has 0 radical (unpaired) electrons. The van der Waals surface area contributed by atoms with Gasteiger partial charge in [-0.2, -0.15) is 0 Å². The van der Waals surface area contributed by atoms with Crippen LogP contribution in [-0.4, -0.2) is 28.3 Å². The molecule has 0 spiro atoms. The molecular weight excluding hydrogens is 248 g/mol. The number of rotatable bonds is 5. The van der Waals surface area contributed by atoms with Crippen LogP contribution in [-0.2, 0) is 0 Å². The van der Waals surface area contributed by atoms with Crippen molar-refractivity contribution in [2.24, 2.45) is 5.84 Å². The second-order valence-corrected chi connectivity index (χ2v) is 4.32. The van der Waals surface area contributed by atoms with Crippen LogP contribution >= 0.6 is 0 Å². The van der Waals surface area contributed by atoms with Gasteiger partial charge in [0.15, 0.2) is 0 Å². The van der Waals surface area contributed by atoms with Crippen LogP contribution < -0.4 is 11.3 Å². The predicted octanol–water partition coefficient (Wildman–Crippen LogP) is 1.75. The fourth-order valence-corrected chi connectivity index (χ4v) is 1.85. The number of benzene rings is 1. The molecule has 104 valence electrons. The highest BCUT2D eigenvalue weighted by Crippen LogP contribution is 2.24. The van der Waals surface area contributed by atoms with Gasteiger partial charge in [-0.3, -0.25) is 20.8 Å². The number of nitrogens with zero attached hydrogens (tertiary/aromatic N) is 2. The average Bonchev–Trinajstić information content (AvgIpc) is 2.38. The number of nitrogen functional groups attached to an aromatic ring is 1. The Hall–Kier alpha value is -2.15. The maximum absolute atomic E-state index is 12.4. The largest absolute Gasteiger partial charge is 0.336 e. The first-order valence-corrected chi connectivity index (χ1v) is 5.98. The molecule has 7 heteroatoms. The number of anilines is 1. The van der Waals surface area contributed by atoms with Crippen LogP contribution in [0.15, 0.2) is 18.2 Å². The van der Waals surface area contributed by atoms with Crippen molar-refractivity contribution in [2.75, 3.05) is 12.0 Å². The van der Waals surface area contributed by atoms with Gasteiger partial charge < -0.3 is 10.3 Å². The van der Waals surface area contributed by atoms with Gasteiger partial charge in [0, 0.05) is 24.3 Å². The van der Waals surface area contributed by atoms with Gasteiger partial charge in [-0.05, 0) is 32.9 Å². The third kappa shape index (κ3) is 3.19. The van der Waals surface area contributed by atoms with Crippen LogP contribution in [0, 0.1) is 10.1 Å². The van der Waals surface area contributed by atoms with E-state index in [-0.39, 0.29) is 23.2 Å². The quantitative estimate of drug-likeness (QED) is 0.480. The van der Waals surface area contributed by atoms with Gasteiger partial charge in [-0.1, -0.05) is 0 Å². The standard InChI is InChI=1S/C12H18N4O3/c1-4-15(8(2)3)12(17)10-7-9(14-13)5-6-11(10)16(18)19/h5-8,14H,4,13H2,1-3H3. The second-order valence-electron chi connectivity index (χ2n) is 4.32. The number of nitrogens with one attached hydrogen (secondary N) is 1. The normalized spacial score (nSPS) is 10.4. The molecule has 1 aromatic carbocycles. The van der Waals surface area contributed by atoms with E-state index in [1.807, 2.05) is 20.8 Å². The van der Waals surface area contributed by atoms with Gasteiger partial charge in [0.05, 0.1) is 4.92 Å². The Morgan fingerprint density at radius 3 is 2.58 bits per heavy atom. The smallest absolute Gasteiger partial charge is 0.282 e. The molecule has 0 aliphatic heterocycles. The Balaban J connectivity index is 3.29. The molecule has 1 rings (SSSR count). The summed E-state index contributed by atoms with van der Waals surface area (Å²) >= 11 is 0. The lowest BCUT2D eigenvalue weighted by Gasteiger charge is -2.25. The molecule has 0 atom stereocenters. The van der Waals surface area contributed by atoms with Gasteiger partial charge in [0.25, 0.3) is 11.6 Å². The molecule has 3 N–H and O–H groups in total. The maximum atomic E-state index is 12.4. The lowest BCUT2D eigenvalue weighted by Crippen LogP contribution is -2.37. The minimum atomic E-state index is -0.568. The molecule has 7 nitrogen and oxygen atoms in total. The van der Waals surface area contributed by atoms with Gasteiger partial charge >= 0.3 is 0 Å². The Labute approximate surface area is 111 Å². The number of carbonyl (C=O) groups is 1. The van der Waals surface area contributed by atoms with Crippen LogP contribution in [0.4, 0.5) is 11.4 Å². The van der Waals surface area contributed by atoms with Crippen LogP contribution in [0.2, 0.25) is 0 Å². The van der Waals surface area contributed by atoms with Crippen molar-refractivity contribution in [3.05, 3.63) is 33.9 Å². The summed E-state index contributed by atoms with van der Waals surface area (Å²) in [5.41, 5.74) is 2.65. The monoisotopic (exact) mass is 266 g/mol. The summed E-state index contributed by atoms with van der Waals surface area (Å²) in [7, 11) is 0. The predicted molar refractivity (Wildman–Crippen MR) is 72.8 cm³/mol. The lowest BCUT2D eigenvalue weighted by atomic mass is 10.1. The highest BCUT2D eigenvalue weighted by Gasteiger charge is 2.25. The highest BCUT2D eigenvalue weighted by atomic mass is 16.6. The van der Waals surface area contributed by atoms with E-state index in [0.717, 1.165) is 0 Å². The molecule has 1 amide bonds. The first-order chi connectivity index (χ1) is 8.92. The fourth-order valence-electron chi connectivity index (χ4n) is 1.85. The van der Waals surface area contributed by atoms with E-state index in [0.29, 0.717) is 12.2 Å². The Bertz CT molecular complexity index is 488.